The van der Waals surface area contributed by atoms with Gasteiger partial charge in [0.15, 0.2) is 11.3 Å². The fourth-order valence-electron chi connectivity index (χ4n) is 1.95. The monoisotopic (exact) mass is 355 g/mol. The zero-order valence-electron chi connectivity index (χ0n) is 14.3. The second kappa shape index (κ2) is 9.21. The Morgan fingerprint density at radius 2 is 1.79 bits per heavy atom. The number of alkyl carbamates (subject to hydrolysis) is 1. The largest absolute Gasteiger partial charge is 0.453 e. The van der Waals surface area contributed by atoms with E-state index in [1.807, 2.05) is 25.4 Å². The summed E-state index contributed by atoms with van der Waals surface area (Å²) in [6.07, 6.45) is 0.399. The Kier molecular flexibility index (Phi) is 7.63. The zero-order valence-corrected chi connectivity index (χ0v) is 15.2. The normalized spacial score (nSPS) is 11.5. The van der Waals surface area contributed by atoms with Crippen LogP contribution in [0.5, 0.6) is 0 Å². The van der Waals surface area contributed by atoms with Gasteiger partial charge in [-0.15, -0.1) is 0 Å². The van der Waals surface area contributed by atoms with Gasteiger partial charge >= 0.3 is 12.1 Å². The zero-order chi connectivity index (χ0) is 18.3. The van der Waals surface area contributed by atoms with E-state index in [1.54, 1.807) is 0 Å². The molecule has 8 nitrogen and oxygen atoms in total. The summed E-state index contributed by atoms with van der Waals surface area (Å²) in [7, 11) is 1.13. The van der Waals surface area contributed by atoms with Crippen molar-refractivity contribution in [3.8, 4) is 0 Å². The number of amides is 2. The van der Waals surface area contributed by atoms with Crippen LogP contribution < -0.4 is 5.32 Å². The van der Waals surface area contributed by atoms with E-state index >= 15 is 0 Å². The first-order valence-corrected chi connectivity index (χ1v) is 8.47. The molecule has 0 bridgehead atoms. The highest BCUT2D eigenvalue weighted by Crippen LogP contribution is 2.17. The number of hydrogen-bond acceptors (Lipinski definition) is 8. The Labute approximate surface area is 144 Å². The van der Waals surface area contributed by atoms with Crippen molar-refractivity contribution in [2.24, 2.45) is 0 Å². The van der Waals surface area contributed by atoms with Crippen LogP contribution in [0.2, 0.25) is 0 Å². The minimum absolute atomic E-state index is 0.0828. The minimum Gasteiger partial charge on any atom is -0.453 e. The van der Waals surface area contributed by atoms with E-state index in [4.69, 9.17) is 4.74 Å². The third-order valence-corrected chi connectivity index (χ3v) is 3.80. The van der Waals surface area contributed by atoms with Gasteiger partial charge in [-0.1, -0.05) is 11.8 Å². The highest BCUT2D eigenvalue weighted by Gasteiger charge is 2.20. The smallest absolute Gasteiger partial charge is 0.413 e. The van der Waals surface area contributed by atoms with Crippen LogP contribution in [0, 0.1) is 13.8 Å². The van der Waals surface area contributed by atoms with Crippen molar-refractivity contribution in [3.63, 3.8) is 0 Å². The standard InChI is InChI=1S/C15H21N3O5S/c1-8-11(9(2)17-14(16-8)24-5)6-7-12(19)23-10(3)13(20)18-15(21)22-4/h10H,6-7H2,1-5H3,(H,18,20,21)/t10-/m0/s1. The average Bonchev–Trinajstić information content (AvgIpc) is 2.53. The first-order valence-electron chi connectivity index (χ1n) is 7.24. The van der Waals surface area contributed by atoms with E-state index in [1.165, 1.54) is 18.7 Å². The van der Waals surface area contributed by atoms with Crippen LogP contribution in [0.1, 0.15) is 30.3 Å². The maximum Gasteiger partial charge on any atom is 0.413 e. The number of nitrogens with one attached hydrogen (secondary N) is 1. The minimum atomic E-state index is -1.09. The number of carbonyl (C=O) groups is 3. The second-order valence-corrected chi connectivity index (χ2v) is 5.75. The number of thioether (sulfide) groups is 1. The lowest BCUT2D eigenvalue weighted by atomic mass is 10.1. The molecule has 0 saturated heterocycles. The van der Waals surface area contributed by atoms with Crippen LogP contribution in [0.25, 0.3) is 0 Å². The molecule has 1 aromatic heterocycles. The molecule has 0 radical (unpaired) electrons. The van der Waals surface area contributed by atoms with Crippen molar-refractivity contribution in [2.75, 3.05) is 13.4 Å². The van der Waals surface area contributed by atoms with Crippen LogP contribution in [-0.2, 0) is 25.5 Å². The van der Waals surface area contributed by atoms with Crippen molar-refractivity contribution in [3.05, 3.63) is 17.0 Å². The molecule has 0 aliphatic heterocycles. The Morgan fingerprint density at radius 3 is 2.29 bits per heavy atom. The third kappa shape index (κ3) is 5.80. The molecule has 2 amide bonds. The summed E-state index contributed by atoms with van der Waals surface area (Å²) in [6.45, 7) is 5.10. The lowest BCUT2D eigenvalue weighted by Crippen LogP contribution is -2.39. The quantitative estimate of drug-likeness (QED) is 0.465. The number of aryl methyl sites for hydroxylation is 2. The van der Waals surface area contributed by atoms with Crippen molar-refractivity contribution in [2.45, 2.75) is 44.9 Å². The number of hydrogen-bond donors (Lipinski definition) is 1. The Morgan fingerprint density at radius 1 is 1.21 bits per heavy atom. The van der Waals surface area contributed by atoms with Crippen LogP contribution in [0.15, 0.2) is 5.16 Å². The molecular formula is C15H21N3O5S. The predicted octanol–water partition coefficient (Wildman–Crippen LogP) is 1.56. The number of esters is 1. The molecule has 0 spiro atoms. The van der Waals surface area contributed by atoms with Gasteiger partial charge in [0.1, 0.15) is 0 Å². The summed E-state index contributed by atoms with van der Waals surface area (Å²) in [5.41, 5.74) is 2.52. The lowest BCUT2D eigenvalue weighted by Gasteiger charge is -2.13. The van der Waals surface area contributed by atoms with Crippen LogP contribution >= 0.6 is 11.8 Å². The van der Waals surface area contributed by atoms with E-state index in [-0.39, 0.29) is 6.42 Å². The van der Waals surface area contributed by atoms with Gasteiger partial charge in [0.05, 0.1) is 7.11 Å². The molecule has 0 unspecified atom stereocenters. The molecule has 0 fully saturated rings. The number of nitrogens with zero attached hydrogens (tertiary/aromatic N) is 2. The van der Waals surface area contributed by atoms with Gasteiger partial charge in [0, 0.05) is 17.8 Å². The van der Waals surface area contributed by atoms with Crippen LogP contribution in [0.3, 0.4) is 0 Å². The highest BCUT2D eigenvalue weighted by atomic mass is 32.2. The number of imide groups is 1. The second-order valence-electron chi connectivity index (χ2n) is 4.97. The molecule has 24 heavy (non-hydrogen) atoms. The van der Waals surface area contributed by atoms with Crippen molar-refractivity contribution >= 4 is 29.7 Å². The SMILES string of the molecule is COC(=O)NC(=O)[C@H](C)OC(=O)CCc1c(C)nc(SC)nc1C. The van der Waals surface area contributed by atoms with E-state index in [0.717, 1.165) is 24.1 Å². The van der Waals surface area contributed by atoms with Gasteiger partial charge < -0.3 is 9.47 Å². The molecule has 1 rings (SSSR count). The van der Waals surface area contributed by atoms with Crippen LogP contribution in [0.4, 0.5) is 4.79 Å². The highest BCUT2D eigenvalue weighted by molar-refractivity contribution is 7.98. The molecule has 9 heteroatoms. The molecule has 1 N–H and O–H groups in total. The number of methoxy groups -OCH3 is 1. The molecule has 0 aliphatic rings. The molecule has 0 aliphatic carbocycles. The van der Waals surface area contributed by atoms with Crippen molar-refractivity contribution < 1.29 is 23.9 Å². The first-order chi connectivity index (χ1) is 11.3. The van der Waals surface area contributed by atoms with E-state index in [2.05, 4.69) is 14.7 Å². The summed E-state index contributed by atoms with van der Waals surface area (Å²) in [5, 5.41) is 2.62. The first kappa shape index (κ1) is 19.9. The number of aromatic nitrogens is 2. The fraction of sp³-hybridized carbons (Fsp3) is 0.533. The molecule has 1 atom stereocenters. The molecule has 0 saturated carbocycles. The van der Waals surface area contributed by atoms with E-state index < -0.39 is 24.1 Å². The van der Waals surface area contributed by atoms with Crippen molar-refractivity contribution in [1.29, 1.82) is 0 Å². The van der Waals surface area contributed by atoms with Crippen LogP contribution in [-0.4, -0.2) is 47.4 Å². The summed E-state index contributed by atoms with van der Waals surface area (Å²) in [4.78, 5) is 43.1. The Balaban J connectivity index is 2.58. The van der Waals surface area contributed by atoms with E-state index in [0.29, 0.717) is 11.6 Å². The topological polar surface area (TPSA) is 107 Å². The molecular weight excluding hydrogens is 334 g/mol. The lowest BCUT2D eigenvalue weighted by molar-refractivity contribution is -0.154. The Bertz CT molecular complexity index is 613. The summed E-state index contributed by atoms with van der Waals surface area (Å²) < 4.78 is 9.30. The van der Waals surface area contributed by atoms with Gasteiger partial charge in [-0.05, 0) is 39.0 Å². The van der Waals surface area contributed by atoms with E-state index in [9.17, 15) is 14.4 Å². The fourth-order valence-corrected chi connectivity index (χ4v) is 2.41. The maximum absolute atomic E-state index is 11.9. The number of carbonyl (C=O) groups excluding carboxylic acids is 3. The maximum atomic E-state index is 11.9. The molecule has 1 heterocycles. The summed E-state index contributed by atoms with van der Waals surface area (Å²) in [5.74, 6) is -1.29. The summed E-state index contributed by atoms with van der Waals surface area (Å²) in [6, 6.07) is 0. The average molecular weight is 355 g/mol. The predicted molar refractivity (Wildman–Crippen MR) is 87.7 cm³/mol. The third-order valence-electron chi connectivity index (χ3n) is 3.25. The molecule has 0 aromatic carbocycles. The van der Waals surface area contributed by atoms with Gasteiger partial charge in [-0.2, -0.15) is 0 Å². The van der Waals surface area contributed by atoms with Gasteiger partial charge in [0.25, 0.3) is 5.91 Å². The van der Waals surface area contributed by atoms with Gasteiger partial charge in [0.2, 0.25) is 0 Å². The van der Waals surface area contributed by atoms with Crippen molar-refractivity contribution in [1.82, 2.24) is 15.3 Å². The number of ether oxygens (including phenoxy) is 2. The van der Waals surface area contributed by atoms with Gasteiger partial charge in [-0.3, -0.25) is 14.9 Å². The van der Waals surface area contributed by atoms with Gasteiger partial charge in [-0.25, -0.2) is 14.8 Å². The Hall–Kier alpha value is -2.16. The number of rotatable bonds is 6. The molecule has 132 valence electrons. The summed E-state index contributed by atoms with van der Waals surface area (Å²) >= 11 is 1.45. The molecule has 1 aromatic rings.